The number of rotatable bonds is 6. The van der Waals surface area contributed by atoms with Gasteiger partial charge < -0.3 is 19.9 Å². The van der Waals surface area contributed by atoms with Crippen molar-refractivity contribution < 1.29 is 23.4 Å². The number of ether oxygens (including phenoxy) is 2. The molecule has 23 heavy (non-hydrogen) atoms. The Bertz CT molecular complexity index is 552. The Morgan fingerprint density at radius 2 is 2.22 bits per heavy atom. The molecular formula is C17H23F2NO3. The van der Waals surface area contributed by atoms with Crippen LogP contribution in [0.4, 0.5) is 8.78 Å². The van der Waals surface area contributed by atoms with Crippen molar-refractivity contribution in [2.75, 3.05) is 13.2 Å². The van der Waals surface area contributed by atoms with Crippen LogP contribution in [0, 0.1) is 11.3 Å². The number of halogens is 2. The average molecular weight is 327 g/mol. The number of hydrogen-bond acceptors (Lipinski definition) is 4. The molecule has 128 valence electrons. The molecule has 1 saturated carbocycles. The molecule has 1 aliphatic carbocycles. The van der Waals surface area contributed by atoms with Gasteiger partial charge in [0.25, 0.3) is 0 Å². The first-order valence-corrected chi connectivity index (χ1v) is 7.97. The van der Waals surface area contributed by atoms with Crippen LogP contribution in [0.3, 0.4) is 0 Å². The molecule has 0 amide bonds. The first-order chi connectivity index (χ1) is 10.9. The maximum atomic E-state index is 12.3. The van der Waals surface area contributed by atoms with Crippen molar-refractivity contribution in [2.24, 2.45) is 11.3 Å². The molecule has 0 spiro atoms. The van der Waals surface area contributed by atoms with E-state index in [1.54, 1.807) is 12.1 Å². The molecule has 3 rings (SSSR count). The first kappa shape index (κ1) is 16.6. The lowest BCUT2D eigenvalue weighted by atomic mass is 9.57. The summed E-state index contributed by atoms with van der Waals surface area (Å²) in [6.07, 6.45) is 0.563. The largest absolute Gasteiger partial charge is 0.435 e. The highest BCUT2D eigenvalue weighted by molar-refractivity contribution is 5.30. The van der Waals surface area contributed by atoms with Crippen molar-refractivity contribution >= 4 is 0 Å². The standard InChI is InChI=1S/C17H23F2NO3/c1-17(2)14(12-6-7-22-15(12)17)20-9-13(21)10-4-3-5-11(8-10)23-16(18)19/h3-5,8,12-16,20-21H,6-7,9H2,1-2H3/t12-,13-,14+,15+/m0/s1. The molecule has 0 bridgehead atoms. The molecule has 1 heterocycles. The Morgan fingerprint density at radius 3 is 2.96 bits per heavy atom. The number of hydrogen-bond donors (Lipinski definition) is 2. The molecule has 6 heteroatoms. The van der Waals surface area contributed by atoms with Crippen LogP contribution >= 0.6 is 0 Å². The molecule has 1 saturated heterocycles. The van der Waals surface area contributed by atoms with E-state index in [4.69, 9.17) is 4.74 Å². The molecular weight excluding hydrogens is 304 g/mol. The minimum atomic E-state index is -2.87. The quantitative estimate of drug-likeness (QED) is 0.843. The number of alkyl halides is 2. The Labute approximate surface area is 134 Å². The van der Waals surface area contributed by atoms with Crippen molar-refractivity contribution in [1.82, 2.24) is 5.32 Å². The summed E-state index contributed by atoms with van der Waals surface area (Å²) in [6.45, 7) is 2.64. The summed E-state index contributed by atoms with van der Waals surface area (Å²) in [4.78, 5) is 0. The summed E-state index contributed by atoms with van der Waals surface area (Å²) in [5.74, 6) is 0.551. The van der Waals surface area contributed by atoms with Crippen LogP contribution in [0.2, 0.25) is 0 Å². The van der Waals surface area contributed by atoms with E-state index < -0.39 is 12.7 Å². The molecule has 0 aromatic heterocycles. The number of fused-ring (bicyclic) bond motifs is 1. The van der Waals surface area contributed by atoms with Gasteiger partial charge >= 0.3 is 6.61 Å². The van der Waals surface area contributed by atoms with Crippen molar-refractivity contribution in [1.29, 1.82) is 0 Å². The molecule has 1 aromatic rings. The van der Waals surface area contributed by atoms with Gasteiger partial charge in [0.2, 0.25) is 0 Å². The van der Waals surface area contributed by atoms with E-state index in [1.807, 2.05) is 0 Å². The third-order valence-corrected chi connectivity index (χ3v) is 5.10. The monoisotopic (exact) mass is 327 g/mol. The highest BCUT2D eigenvalue weighted by Crippen LogP contribution is 2.52. The lowest BCUT2D eigenvalue weighted by Gasteiger charge is -2.55. The predicted molar refractivity (Wildman–Crippen MR) is 81.5 cm³/mol. The second-order valence-corrected chi connectivity index (χ2v) is 6.92. The smallest absolute Gasteiger partial charge is 0.387 e. The van der Waals surface area contributed by atoms with Crippen LogP contribution in [0.1, 0.15) is 31.9 Å². The maximum Gasteiger partial charge on any atom is 0.387 e. The van der Waals surface area contributed by atoms with Crippen LogP contribution in [-0.2, 0) is 4.74 Å². The van der Waals surface area contributed by atoms with Crippen LogP contribution < -0.4 is 10.1 Å². The lowest BCUT2D eigenvalue weighted by molar-refractivity contribution is -0.114. The van der Waals surface area contributed by atoms with Gasteiger partial charge in [0.05, 0.1) is 12.2 Å². The molecule has 4 nitrogen and oxygen atoms in total. The van der Waals surface area contributed by atoms with Crippen LogP contribution in [0.5, 0.6) is 5.75 Å². The van der Waals surface area contributed by atoms with Gasteiger partial charge in [-0.1, -0.05) is 26.0 Å². The van der Waals surface area contributed by atoms with Crippen LogP contribution in [-0.4, -0.2) is 37.0 Å². The fourth-order valence-electron chi connectivity index (χ4n) is 3.99. The van der Waals surface area contributed by atoms with E-state index in [-0.39, 0.29) is 11.2 Å². The molecule has 0 radical (unpaired) electrons. The highest BCUT2D eigenvalue weighted by atomic mass is 19.3. The zero-order valence-electron chi connectivity index (χ0n) is 13.3. The molecule has 4 atom stereocenters. The Kier molecular flexibility index (Phi) is 4.58. The second kappa shape index (κ2) is 6.34. The summed E-state index contributed by atoms with van der Waals surface area (Å²) in [5.41, 5.74) is 0.605. The predicted octanol–water partition coefficient (Wildman–Crippen LogP) is 2.72. The summed E-state index contributed by atoms with van der Waals surface area (Å²) in [7, 11) is 0. The van der Waals surface area contributed by atoms with Gasteiger partial charge in [-0.05, 0) is 24.1 Å². The van der Waals surface area contributed by atoms with Crippen molar-refractivity contribution in [2.45, 2.75) is 45.1 Å². The highest BCUT2D eigenvalue weighted by Gasteiger charge is 2.58. The van der Waals surface area contributed by atoms with Gasteiger partial charge in [-0.15, -0.1) is 0 Å². The fraction of sp³-hybridized carbons (Fsp3) is 0.647. The second-order valence-electron chi connectivity index (χ2n) is 6.92. The summed E-state index contributed by atoms with van der Waals surface area (Å²) in [5, 5.41) is 13.7. The zero-order chi connectivity index (χ0) is 16.6. The maximum absolute atomic E-state index is 12.3. The van der Waals surface area contributed by atoms with Crippen LogP contribution in [0.25, 0.3) is 0 Å². The number of benzene rings is 1. The van der Waals surface area contributed by atoms with Gasteiger partial charge in [-0.3, -0.25) is 0 Å². The van der Waals surface area contributed by atoms with E-state index in [1.165, 1.54) is 12.1 Å². The van der Waals surface area contributed by atoms with E-state index in [0.29, 0.717) is 30.2 Å². The molecule has 2 fully saturated rings. The molecule has 2 N–H and O–H groups in total. The average Bonchev–Trinajstić information content (AvgIpc) is 2.93. The summed E-state index contributed by atoms with van der Waals surface area (Å²) in [6, 6.07) is 6.50. The molecule has 2 aliphatic rings. The van der Waals surface area contributed by atoms with Gasteiger partial charge in [0, 0.05) is 30.5 Å². The van der Waals surface area contributed by atoms with E-state index in [0.717, 1.165) is 13.0 Å². The SMILES string of the molecule is CC1(C)[C@H](NC[C@H](O)c2cccc(OC(F)F)c2)[C@@H]2CCO[C@H]21. The normalized spacial score (nSPS) is 29.9. The Morgan fingerprint density at radius 1 is 1.43 bits per heavy atom. The lowest BCUT2D eigenvalue weighted by Crippen LogP contribution is -2.66. The third-order valence-electron chi connectivity index (χ3n) is 5.10. The minimum absolute atomic E-state index is 0.0432. The number of aliphatic hydroxyl groups excluding tert-OH is 1. The molecule has 0 unspecified atom stereocenters. The van der Waals surface area contributed by atoms with Gasteiger partial charge in [0.1, 0.15) is 5.75 Å². The Hall–Kier alpha value is -1.24. The van der Waals surface area contributed by atoms with Gasteiger partial charge in [-0.25, -0.2) is 0 Å². The minimum Gasteiger partial charge on any atom is -0.435 e. The zero-order valence-corrected chi connectivity index (χ0v) is 13.3. The number of nitrogens with one attached hydrogen (secondary N) is 1. The van der Waals surface area contributed by atoms with E-state index >= 15 is 0 Å². The number of aliphatic hydroxyl groups is 1. The van der Waals surface area contributed by atoms with Gasteiger partial charge in [0.15, 0.2) is 0 Å². The van der Waals surface area contributed by atoms with Gasteiger partial charge in [-0.2, -0.15) is 8.78 Å². The third kappa shape index (κ3) is 3.20. The topological polar surface area (TPSA) is 50.7 Å². The van der Waals surface area contributed by atoms with Crippen LogP contribution in [0.15, 0.2) is 24.3 Å². The molecule has 1 aromatic carbocycles. The summed E-state index contributed by atoms with van der Waals surface area (Å²) >= 11 is 0. The fourth-order valence-corrected chi connectivity index (χ4v) is 3.99. The van der Waals surface area contributed by atoms with Crippen molar-refractivity contribution in [3.05, 3.63) is 29.8 Å². The molecule has 1 aliphatic heterocycles. The van der Waals surface area contributed by atoms with Crippen molar-refractivity contribution in [3.8, 4) is 5.75 Å². The van der Waals surface area contributed by atoms with E-state index in [2.05, 4.69) is 23.9 Å². The summed E-state index contributed by atoms with van der Waals surface area (Å²) < 4.78 is 34.6. The van der Waals surface area contributed by atoms with Crippen molar-refractivity contribution in [3.63, 3.8) is 0 Å². The van der Waals surface area contributed by atoms with E-state index in [9.17, 15) is 13.9 Å². The first-order valence-electron chi connectivity index (χ1n) is 7.97. The Balaban J connectivity index is 1.58.